The Bertz CT molecular complexity index is 1210. The molecule has 0 saturated carbocycles. The number of hydrogen-bond donors (Lipinski definition) is 4. The average molecular weight is 495 g/mol. The summed E-state index contributed by atoms with van der Waals surface area (Å²) in [7, 11) is 0. The molecule has 0 saturated heterocycles. The molecule has 176 valence electrons. The molecule has 0 aliphatic carbocycles. The molecule has 0 aliphatic heterocycles. The lowest BCUT2D eigenvalue weighted by Crippen LogP contribution is -2.53. The predicted molar refractivity (Wildman–Crippen MR) is 139 cm³/mol. The molecule has 1 aromatic heterocycles. The largest absolute Gasteiger partial charge is 0.480 e. The molecule has 34 heavy (non-hydrogen) atoms. The van der Waals surface area contributed by atoms with Gasteiger partial charge in [0.15, 0.2) is 0 Å². The maximum atomic E-state index is 13.0. The van der Waals surface area contributed by atoms with Crippen molar-refractivity contribution >= 4 is 47.8 Å². The quantitative estimate of drug-likeness (QED) is 0.268. The van der Waals surface area contributed by atoms with Gasteiger partial charge in [0.2, 0.25) is 0 Å². The number of benzene rings is 2. The number of amides is 2. The van der Waals surface area contributed by atoms with E-state index in [-0.39, 0.29) is 5.70 Å². The van der Waals surface area contributed by atoms with Crippen molar-refractivity contribution in [1.29, 1.82) is 0 Å². The fourth-order valence-electron chi connectivity index (χ4n) is 3.22. The Morgan fingerprint density at radius 3 is 2.12 bits per heavy atom. The number of carboxylic acid groups (broad SMARTS) is 1. The molecule has 0 fully saturated rings. The van der Waals surface area contributed by atoms with E-state index in [0.29, 0.717) is 5.56 Å². The van der Waals surface area contributed by atoms with Crippen LogP contribution in [0.3, 0.4) is 0 Å². The van der Waals surface area contributed by atoms with E-state index in [9.17, 15) is 19.5 Å². The predicted octanol–water partition coefficient (Wildman–Crippen LogP) is 4.77. The van der Waals surface area contributed by atoms with Crippen LogP contribution in [0.15, 0.2) is 72.4 Å². The Labute approximate surface area is 208 Å². The van der Waals surface area contributed by atoms with Crippen molar-refractivity contribution in [1.82, 2.24) is 10.6 Å². The molecule has 8 heteroatoms. The van der Waals surface area contributed by atoms with E-state index >= 15 is 0 Å². The van der Waals surface area contributed by atoms with Crippen LogP contribution in [-0.2, 0) is 9.59 Å². The highest BCUT2D eigenvalue weighted by atomic mass is 32.1. The number of thiophene rings is 1. The summed E-state index contributed by atoms with van der Waals surface area (Å²) in [4.78, 5) is 39.5. The minimum absolute atomic E-state index is 0.0529. The maximum Gasteiger partial charge on any atom is 0.327 e. The van der Waals surface area contributed by atoms with Crippen LogP contribution in [0.4, 0.5) is 0 Å². The van der Waals surface area contributed by atoms with Gasteiger partial charge in [-0.1, -0.05) is 42.5 Å². The van der Waals surface area contributed by atoms with Gasteiger partial charge in [-0.25, -0.2) is 4.79 Å². The van der Waals surface area contributed by atoms with E-state index in [1.807, 2.05) is 61.5 Å². The van der Waals surface area contributed by atoms with Crippen LogP contribution in [0.1, 0.15) is 34.0 Å². The van der Waals surface area contributed by atoms with Crippen LogP contribution in [0.5, 0.6) is 0 Å². The zero-order valence-electron chi connectivity index (χ0n) is 19.0. The Balaban J connectivity index is 1.85. The van der Waals surface area contributed by atoms with E-state index in [1.165, 1.54) is 17.4 Å². The van der Waals surface area contributed by atoms with Gasteiger partial charge in [-0.05, 0) is 62.2 Å². The van der Waals surface area contributed by atoms with E-state index in [4.69, 9.17) is 0 Å². The maximum absolute atomic E-state index is 13.0. The first-order chi connectivity index (χ1) is 16.0. The SMILES string of the molecule is Cc1ccc(/C=C(/NC(=O)c2ccc(-c3ccccc3)cc2)C(=O)NC(C(=O)O)C(C)(C)S)s1. The fourth-order valence-corrected chi connectivity index (χ4v) is 4.22. The zero-order chi connectivity index (χ0) is 24.9. The van der Waals surface area contributed by atoms with Gasteiger partial charge in [-0.3, -0.25) is 9.59 Å². The van der Waals surface area contributed by atoms with Crippen LogP contribution in [0, 0.1) is 6.92 Å². The first kappa shape index (κ1) is 25.3. The highest BCUT2D eigenvalue weighted by molar-refractivity contribution is 7.81. The second-order valence-electron chi connectivity index (χ2n) is 8.30. The molecule has 1 atom stereocenters. The molecule has 0 aliphatic rings. The van der Waals surface area contributed by atoms with Crippen molar-refractivity contribution < 1.29 is 19.5 Å². The number of carbonyl (C=O) groups excluding carboxylic acids is 2. The van der Waals surface area contributed by atoms with E-state index < -0.39 is 28.6 Å². The third-order valence-corrected chi connectivity index (χ3v) is 6.23. The van der Waals surface area contributed by atoms with Gasteiger partial charge >= 0.3 is 5.97 Å². The average Bonchev–Trinajstić information content (AvgIpc) is 3.21. The Kier molecular flexibility index (Phi) is 7.96. The molecule has 1 heterocycles. The number of aryl methyl sites for hydroxylation is 1. The van der Waals surface area contributed by atoms with Gasteiger partial charge in [0.1, 0.15) is 11.7 Å². The van der Waals surface area contributed by atoms with Gasteiger partial charge < -0.3 is 15.7 Å². The van der Waals surface area contributed by atoms with Gasteiger partial charge in [0.05, 0.1) is 0 Å². The molecular formula is C26H26N2O4S2. The summed E-state index contributed by atoms with van der Waals surface area (Å²) >= 11 is 5.75. The Morgan fingerprint density at radius 2 is 1.59 bits per heavy atom. The first-order valence-corrected chi connectivity index (χ1v) is 11.8. The van der Waals surface area contributed by atoms with E-state index in [0.717, 1.165) is 20.9 Å². The van der Waals surface area contributed by atoms with Crippen LogP contribution in [0.25, 0.3) is 17.2 Å². The second kappa shape index (κ2) is 10.7. The number of carboxylic acids is 1. The van der Waals surface area contributed by atoms with Gasteiger partial charge in [-0.2, -0.15) is 12.6 Å². The molecule has 3 rings (SSSR count). The Hall–Kier alpha value is -3.36. The first-order valence-electron chi connectivity index (χ1n) is 10.6. The van der Waals surface area contributed by atoms with Crippen molar-refractivity contribution in [2.45, 2.75) is 31.6 Å². The number of carbonyl (C=O) groups is 3. The lowest BCUT2D eigenvalue weighted by Gasteiger charge is -2.27. The molecule has 0 spiro atoms. The van der Waals surface area contributed by atoms with Gasteiger partial charge in [0, 0.05) is 20.1 Å². The summed E-state index contributed by atoms with van der Waals surface area (Å²) in [5, 5.41) is 14.7. The third-order valence-electron chi connectivity index (χ3n) is 5.02. The standard InChI is InChI=1S/C26H26N2O4S2/c1-16-9-14-20(34-16)15-21(24(30)28-22(25(31)32)26(2,3)33)27-23(29)19-12-10-18(11-13-19)17-7-5-4-6-8-17/h4-15,22,33H,1-3H3,(H,27,29)(H,28,30)(H,31,32)/b21-15+. The van der Waals surface area contributed by atoms with Crippen LogP contribution >= 0.6 is 24.0 Å². The molecule has 2 amide bonds. The number of hydrogen-bond acceptors (Lipinski definition) is 5. The topological polar surface area (TPSA) is 95.5 Å². The molecule has 0 radical (unpaired) electrons. The Morgan fingerprint density at radius 1 is 0.971 bits per heavy atom. The minimum atomic E-state index is -1.26. The monoisotopic (exact) mass is 494 g/mol. The summed E-state index contributed by atoms with van der Waals surface area (Å²) in [5.41, 5.74) is 2.30. The lowest BCUT2D eigenvalue weighted by atomic mass is 10.0. The van der Waals surface area contributed by atoms with Gasteiger partial charge in [0.25, 0.3) is 11.8 Å². The zero-order valence-corrected chi connectivity index (χ0v) is 20.7. The van der Waals surface area contributed by atoms with E-state index in [2.05, 4.69) is 23.3 Å². The van der Waals surface area contributed by atoms with Crippen molar-refractivity contribution in [3.63, 3.8) is 0 Å². The molecule has 1 unspecified atom stereocenters. The highest BCUT2D eigenvalue weighted by Gasteiger charge is 2.34. The number of nitrogens with one attached hydrogen (secondary N) is 2. The van der Waals surface area contributed by atoms with Crippen molar-refractivity contribution in [2.24, 2.45) is 0 Å². The minimum Gasteiger partial charge on any atom is -0.480 e. The van der Waals surface area contributed by atoms with Crippen molar-refractivity contribution in [3.05, 3.63) is 87.7 Å². The molecule has 3 N–H and O–H groups in total. The lowest BCUT2D eigenvalue weighted by molar-refractivity contribution is -0.142. The summed E-state index contributed by atoms with van der Waals surface area (Å²) in [6.45, 7) is 5.11. The summed E-state index contributed by atoms with van der Waals surface area (Å²) in [6.07, 6.45) is 1.54. The summed E-state index contributed by atoms with van der Waals surface area (Å²) < 4.78 is -1.02. The summed E-state index contributed by atoms with van der Waals surface area (Å²) in [5.74, 6) is -2.41. The molecular weight excluding hydrogens is 468 g/mol. The normalized spacial score (nSPS) is 12.6. The third kappa shape index (κ3) is 6.59. The van der Waals surface area contributed by atoms with Crippen molar-refractivity contribution in [3.8, 4) is 11.1 Å². The van der Waals surface area contributed by atoms with Crippen LogP contribution in [0.2, 0.25) is 0 Å². The summed E-state index contributed by atoms with van der Waals surface area (Å²) in [6, 6.07) is 19.2. The molecule has 0 bridgehead atoms. The van der Waals surface area contributed by atoms with Crippen LogP contribution in [-0.4, -0.2) is 33.7 Å². The van der Waals surface area contributed by atoms with E-state index in [1.54, 1.807) is 26.0 Å². The second-order valence-corrected chi connectivity index (χ2v) is 10.8. The highest BCUT2D eigenvalue weighted by Crippen LogP contribution is 2.22. The number of rotatable bonds is 8. The number of aliphatic carboxylic acids is 1. The molecule has 6 nitrogen and oxygen atoms in total. The van der Waals surface area contributed by atoms with Crippen LogP contribution < -0.4 is 10.6 Å². The fraction of sp³-hybridized carbons (Fsp3) is 0.192. The molecule has 3 aromatic rings. The number of thiol groups is 1. The van der Waals surface area contributed by atoms with Crippen molar-refractivity contribution in [2.75, 3.05) is 0 Å². The smallest absolute Gasteiger partial charge is 0.327 e. The molecule has 2 aromatic carbocycles. The van der Waals surface area contributed by atoms with Gasteiger partial charge in [-0.15, -0.1) is 11.3 Å².